The molecule has 3 rings (SSSR count). The Morgan fingerprint density at radius 1 is 1.39 bits per heavy atom. The van der Waals surface area contributed by atoms with E-state index in [0.29, 0.717) is 5.57 Å². The van der Waals surface area contributed by atoms with Crippen molar-refractivity contribution in [2.75, 3.05) is 6.61 Å². The molecule has 1 saturated carbocycles. The summed E-state index contributed by atoms with van der Waals surface area (Å²) in [6.07, 6.45) is 0.643. The maximum Gasteiger partial charge on any atom is 0.337 e. The summed E-state index contributed by atoms with van der Waals surface area (Å²) in [7, 11) is 0. The van der Waals surface area contributed by atoms with Crippen LogP contribution in [0.1, 0.15) is 33.6 Å². The van der Waals surface area contributed by atoms with Crippen LogP contribution in [-0.4, -0.2) is 34.5 Å². The third-order valence-electron chi connectivity index (χ3n) is 5.07. The second-order valence-corrected chi connectivity index (χ2v) is 6.73. The number of rotatable bonds is 0. The molecule has 4 heteroatoms. The summed E-state index contributed by atoms with van der Waals surface area (Å²) < 4.78 is 5.08. The van der Waals surface area contributed by atoms with E-state index in [2.05, 4.69) is 6.92 Å². The highest BCUT2D eigenvalue weighted by Gasteiger charge is 2.64. The van der Waals surface area contributed by atoms with E-state index >= 15 is 0 Å². The van der Waals surface area contributed by atoms with Crippen molar-refractivity contribution in [1.82, 2.24) is 0 Å². The highest BCUT2D eigenvalue weighted by Crippen LogP contribution is 2.57. The summed E-state index contributed by atoms with van der Waals surface area (Å²) in [6, 6.07) is 0. The largest absolute Gasteiger partial charge is 0.458 e. The molecule has 0 saturated heterocycles. The van der Waals surface area contributed by atoms with Crippen LogP contribution in [0.25, 0.3) is 0 Å². The molecule has 2 aliphatic carbocycles. The lowest BCUT2D eigenvalue weighted by atomic mass is 9.69. The molecule has 1 heterocycles. The van der Waals surface area contributed by atoms with E-state index in [9.17, 15) is 15.0 Å². The maximum absolute atomic E-state index is 11.9. The summed E-state index contributed by atoms with van der Waals surface area (Å²) in [5.74, 6) is -0.250. The second kappa shape index (κ2) is 3.36. The standard InChI is InChI=1S/C14H20O4/c1-7-4-8-5-13(2,3)12(16)14(8,17)10-9(7)6-18-11(10)15/h7-8,12,16-17H,4-6H2,1-3H3/t7-,8?,12?,14-/m0/s1. The first-order chi connectivity index (χ1) is 8.28. The summed E-state index contributed by atoms with van der Waals surface area (Å²) in [6.45, 7) is 6.23. The van der Waals surface area contributed by atoms with Gasteiger partial charge >= 0.3 is 5.97 Å². The highest BCUT2D eigenvalue weighted by molar-refractivity contribution is 5.95. The van der Waals surface area contributed by atoms with Crippen molar-refractivity contribution in [2.24, 2.45) is 17.3 Å². The van der Waals surface area contributed by atoms with E-state index < -0.39 is 17.7 Å². The van der Waals surface area contributed by atoms with Gasteiger partial charge in [0.25, 0.3) is 0 Å². The van der Waals surface area contributed by atoms with E-state index in [-0.39, 0.29) is 23.9 Å². The SMILES string of the molecule is C[C@H]1CC2CC(C)(C)C(O)[C@@]2(O)C2=C1COC2=O. The first-order valence-electron chi connectivity index (χ1n) is 6.59. The number of aliphatic hydroxyl groups is 2. The van der Waals surface area contributed by atoms with Crippen molar-refractivity contribution >= 4 is 5.97 Å². The number of carbonyl (C=O) groups excluding carboxylic acids is 1. The molecule has 18 heavy (non-hydrogen) atoms. The fourth-order valence-corrected chi connectivity index (χ4v) is 4.12. The predicted molar refractivity (Wildman–Crippen MR) is 64.6 cm³/mol. The van der Waals surface area contributed by atoms with Gasteiger partial charge in [-0.15, -0.1) is 0 Å². The third kappa shape index (κ3) is 1.25. The number of cyclic esters (lactones) is 1. The number of hydrogen-bond donors (Lipinski definition) is 2. The van der Waals surface area contributed by atoms with Gasteiger partial charge < -0.3 is 14.9 Å². The smallest absolute Gasteiger partial charge is 0.337 e. The Balaban J connectivity index is 2.16. The van der Waals surface area contributed by atoms with Gasteiger partial charge in [0.05, 0.1) is 11.7 Å². The average Bonchev–Trinajstić information content (AvgIpc) is 2.73. The number of ether oxygens (including phenoxy) is 1. The van der Waals surface area contributed by atoms with Crippen molar-refractivity contribution in [3.63, 3.8) is 0 Å². The zero-order valence-corrected chi connectivity index (χ0v) is 11.1. The van der Waals surface area contributed by atoms with E-state index in [4.69, 9.17) is 4.74 Å². The second-order valence-electron chi connectivity index (χ2n) is 6.73. The van der Waals surface area contributed by atoms with Gasteiger partial charge in [0.2, 0.25) is 0 Å². The van der Waals surface area contributed by atoms with Gasteiger partial charge in [0, 0.05) is 0 Å². The molecule has 2 unspecified atom stereocenters. The van der Waals surface area contributed by atoms with Crippen LogP contribution in [0.4, 0.5) is 0 Å². The molecule has 0 bridgehead atoms. The van der Waals surface area contributed by atoms with Gasteiger partial charge in [0.1, 0.15) is 12.2 Å². The zero-order valence-electron chi connectivity index (χ0n) is 11.1. The Bertz CT molecular complexity index is 451. The van der Waals surface area contributed by atoms with Gasteiger partial charge in [-0.3, -0.25) is 0 Å². The van der Waals surface area contributed by atoms with Gasteiger partial charge in [-0.1, -0.05) is 20.8 Å². The number of aliphatic hydroxyl groups excluding tert-OH is 1. The molecular weight excluding hydrogens is 232 g/mol. The van der Waals surface area contributed by atoms with Crippen LogP contribution in [0.3, 0.4) is 0 Å². The number of hydrogen-bond acceptors (Lipinski definition) is 4. The van der Waals surface area contributed by atoms with E-state index in [1.165, 1.54) is 0 Å². The lowest BCUT2D eigenvalue weighted by Gasteiger charge is -2.39. The molecule has 4 atom stereocenters. The minimum Gasteiger partial charge on any atom is -0.458 e. The third-order valence-corrected chi connectivity index (χ3v) is 5.07. The van der Waals surface area contributed by atoms with Crippen molar-refractivity contribution < 1.29 is 19.7 Å². The molecular formula is C14H20O4. The molecule has 0 aromatic rings. The molecule has 100 valence electrons. The Morgan fingerprint density at radius 3 is 2.72 bits per heavy atom. The van der Waals surface area contributed by atoms with Crippen LogP contribution in [0.5, 0.6) is 0 Å². The maximum atomic E-state index is 11.9. The molecule has 0 radical (unpaired) electrons. The van der Waals surface area contributed by atoms with Gasteiger partial charge in [0.15, 0.2) is 0 Å². The van der Waals surface area contributed by atoms with Crippen LogP contribution >= 0.6 is 0 Å². The minimum absolute atomic E-state index is 0.0538. The van der Waals surface area contributed by atoms with E-state index in [0.717, 1.165) is 18.4 Å². The highest BCUT2D eigenvalue weighted by atomic mass is 16.5. The number of carbonyl (C=O) groups is 1. The summed E-state index contributed by atoms with van der Waals surface area (Å²) in [5.41, 5.74) is -0.538. The monoisotopic (exact) mass is 252 g/mol. The Hall–Kier alpha value is -0.870. The summed E-state index contributed by atoms with van der Waals surface area (Å²) >= 11 is 0. The van der Waals surface area contributed by atoms with Crippen molar-refractivity contribution in [2.45, 2.75) is 45.3 Å². The topological polar surface area (TPSA) is 66.8 Å². The van der Waals surface area contributed by atoms with Gasteiger partial charge in [-0.25, -0.2) is 4.79 Å². The van der Waals surface area contributed by atoms with Crippen molar-refractivity contribution in [1.29, 1.82) is 0 Å². The van der Waals surface area contributed by atoms with Gasteiger partial charge in [-0.2, -0.15) is 0 Å². The van der Waals surface area contributed by atoms with Crippen molar-refractivity contribution in [3.8, 4) is 0 Å². The fraction of sp³-hybridized carbons (Fsp3) is 0.786. The number of fused-ring (bicyclic) bond motifs is 2. The molecule has 0 aromatic heterocycles. The fourth-order valence-electron chi connectivity index (χ4n) is 4.12. The first-order valence-corrected chi connectivity index (χ1v) is 6.59. The van der Waals surface area contributed by atoms with Crippen LogP contribution in [0, 0.1) is 17.3 Å². The normalized spacial score (nSPS) is 45.8. The number of esters is 1. The van der Waals surface area contributed by atoms with Crippen LogP contribution in [0.2, 0.25) is 0 Å². The summed E-state index contributed by atoms with van der Waals surface area (Å²) in [4.78, 5) is 11.9. The van der Waals surface area contributed by atoms with Crippen molar-refractivity contribution in [3.05, 3.63) is 11.1 Å². The molecule has 4 nitrogen and oxygen atoms in total. The van der Waals surface area contributed by atoms with E-state index in [1.807, 2.05) is 13.8 Å². The molecule has 2 N–H and O–H groups in total. The predicted octanol–water partition coefficient (Wildman–Crippen LogP) is 1.02. The van der Waals surface area contributed by atoms with Crippen LogP contribution in [0.15, 0.2) is 11.1 Å². The first kappa shape index (κ1) is 12.2. The lowest BCUT2D eigenvalue weighted by molar-refractivity contribution is -0.142. The Morgan fingerprint density at radius 2 is 2.06 bits per heavy atom. The Labute approximate surface area is 107 Å². The minimum atomic E-state index is -1.40. The average molecular weight is 252 g/mol. The van der Waals surface area contributed by atoms with E-state index in [1.54, 1.807) is 0 Å². The molecule has 1 aliphatic heterocycles. The van der Waals surface area contributed by atoms with Crippen LogP contribution in [-0.2, 0) is 9.53 Å². The molecule has 0 spiro atoms. The van der Waals surface area contributed by atoms with Crippen LogP contribution < -0.4 is 0 Å². The Kier molecular flexibility index (Phi) is 2.28. The molecule has 3 aliphatic rings. The summed E-state index contributed by atoms with van der Waals surface area (Å²) in [5, 5.41) is 21.4. The molecule has 0 aromatic carbocycles. The lowest BCUT2D eigenvalue weighted by Crippen LogP contribution is -2.52. The zero-order chi connectivity index (χ0) is 13.3. The molecule has 0 amide bonds. The molecule has 1 fully saturated rings. The van der Waals surface area contributed by atoms with Gasteiger partial charge in [-0.05, 0) is 35.7 Å². The quantitative estimate of drug-likeness (QED) is 0.632.